The first kappa shape index (κ1) is 22.5. The Morgan fingerprint density at radius 2 is 2.12 bits per heavy atom. The SMILES string of the molecule is Cc1cc(C(=O)N2CC[C@]3(c4ccccn4)OCO[C@@H]3C2)ccc1OCCOC(F)(F)F. The molecule has 2 aromatic rings. The number of fused-ring (bicyclic) bond motifs is 1. The van der Waals surface area contributed by atoms with Crippen LogP contribution in [0.3, 0.4) is 0 Å². The zero-order valence-corrected chi connectivity index (χ0v) is 17.4. The minimum Gasteiger partial charge on any atom is -0.491 e. The molecule has 2 aliphatic heterocycles. The van der Waals surface area contributed by atoms with Crippen LogP contribution >= 0.6 is 0 Å². The van der Waals surface area contributed by atoms with Gasteiger partial charge in [-0.15, -0.1) is 13.2 Å². The van der Waals surface area contributed by atoms with Crippen molar-refractivity contribution in [3.8, 4) is 5.75 Å². The third-order valence-electron chi connectivity index (χ3n) is 5.66. The van der Waals surface area contributed by atoms with Gasteiger partial charge in [0.05, 0.1) is 18.8 Å². The first-order valence-electron chi connectivity index (χ1n) is 10.2. The van der Waals surface area contributed by atoms with Gasteiger partial charge in [-0.2, -0.15) is 0 Å². The van der Waals surface area contributed by atoms with E-state index in [1.165, 1.54) is 0 Å². The van der Waals surface area contributed by atoms with Crippen LogP contribution in [-0.2, 0) is 19.8 Å². The highest BCUT2D eigenvalue weighted by atomic mass is 19.4. The Morgan fingerprint density at radius 1 is 1.28 bits per heavy atom. The summed E-state index contributed by atoms with van der Waals surface area (Å²) in [5.74, 6) is 0.234. The predicted molar refractivity (Wildman–Crippen MR) is 106 cm³/mol. The number of carbonyl (C=O) groups is 1. The van der Waals surface area contributed by atoms with Crippen LogP contribution in [0, 0.1) is 6.92 Å². The van der Waals surface area contributed by atoms with E-state index >= 15 is 0 Å². The van der Waals surface area contributed by atoms with Crippen molar-refractivity contribution in [3.05, 3.63) is 59.4 Å². The number of amides is 1. The van der Waals surface area contributed by atoms with Crippen LogP contribution in [0.4, 0.5) is 13.2 Å². The minimum atomic E-state index is -4.69. The molecule has 3 heterocycles. The van der Waals surface area contributed by atoms with Crippen LogP contribution in [-0.4, -0.2) is 61.4 Å². The van der Waals surface area contributed by atoms with Gasteiger partial charge >= 0.3 is 6.36 Å². The predicted octanol–water partition coefficient (Wildman–Crippen LogP) is 3.42. The molecule has 10 heteroatoms. The lowest BCUT2D eigenvalue weighted by Crippen LogP contribution is -2.53. The molecular formula is C22H23F3N2O5. The zero-order chi connectivity index (χ0) is 22.8. The monoisotopic (exact) mass is 452 g/mol. The molecule has 2 aliphatic rings. The summed E-state index contributed by atoms with van der Waals surface area (Å²) < 4.78 is 56.9. The third-order valence-corrected chi connectivity index (χ3v) is 5.66. The van der Waals surface area contributed by atoms with E-state index in [0.29, 0.717) is 36.4 Å². The van der Waals surface area contributed by atoms with Crippen LogP contribution < -0.4 is 4.74 Å². The number of pyridine rings is 1. The number of aromatic nitrogens is 1. The second kappa shape index (κ2) is 9.05. The Hall–Kier alpha value is -2.69. The van der Waals surface area contributed by atoms with Gasteiger partial charge in [0.25, 0.3) is 5.91 Å². The number of alkyl halides is 3. The van der Waals surface area contributed by atoms with Crippen molar-refractivity contribution in [2.24, 2.45) is 0 Å². The highest BCUT2D eigenvalue weighted by Gasteiger charge is 2.52. The fourth-order valence-electron chi connectivity index (χ4n) is 4.08. The molecule has 1 amide bonds. The quantitative estimate of drug-likeness (QED) is 0.626. The first-order chi connectivity index (χ1) is 15.3. The lowest BCUT2D eigenvalue weighted by molar-refractivity contribution is -0.325. The number of halogens is 3. The van der Waals surface area contributed by atoms with Crippen LogP contribution in [0.25, 0.3) is 0 Å². The van der Waals surface area contributed by atoms with Crippen molar-refractivity contribution in [2.45, 2.75) is 31.4 Å². The van der Waals surface area contributed by atoms with Gasteiger partial charge in [-0.25, -0.2) is 0 Å². The van der Waals surface area contributed by atoms with Crippen LogP contribution in [0.1, 0.15) is 28.0 Å². The lowest BCUT2D eigenvalue weighted by atomic mass is 9.85. The Kier molecular flexibility index (Phi) is 6.36. The second-order valence-corrected chi connectivity index (χ2v) is 7.65. The summed E-state index contributed by atoms with van der Waals surface area (Å²) in [5.41, 5.74) is 1.24. The van der Waals surface area contributed by atoms with Crippen LogP contribution in [0.2, 0.25) is 0 Å². The van der Waals surface area contributed by atoms with Crippen molar-refractivity contribution in [1.82, 2.24) is 9.88 Å². The van der Waals surface area contributed by atoms with Gasteiger partial charge in [-0.1, -0.05) is 6.07 Å². The number of hydrogen-bond donors (Lipinski definition) is 0. The van der Waals surface area contributed by atoms with Gasteiger partial charge in [0, 0.05) is 24.7 Å². The van der Waals surface area contributed by atoms with Crippen molar-refractivity contribution in [1.29, 1.82) is 0 Å². The number of hydrogen-bond acceptors (Lipinski definition) is 6. The molecule has 0 N–H and O–H groups in total. The number of rotatable bonds is 6. The molecule has 2 saturated heterocycles. The number of carbonyl (C=O) groups excluding carboxylic acids is 1. The molecular weight excluding hydrogens is 429 g/mol. The molecule has 4 rings (SSSR count). The van der Waals surface area contributed by atoms with E-state index < -0.39 is 18.6 Å². The van der Waals surface area contributed by atoms with E-state index in [2.05, 4.69) is 9.72 Å². The van der Waals surface area contributed by atoms with Gasteiger partial charge in [0.15, 0.2) is 0 Å². The molecule has 0 aliphatic carbocycles. The van der Waals surface area contributed by atoms with Crippen molar-refractivity contribution < 1.29 is 36.9 Å². The Labute approximate surface area is 183 Å². The molecule has 0 bridgehead atoms. The van der Waals surface area contributed by atoms with E-state index in [9.17, 15) is 18.0 Å². The number of likely N-dealkylation sites (tertiary alicyclic amines) is 1. The first-order valence-corrected chi connectivity index (χ1v) is 10.2. The fraction of sp³-hybridized carbons (Fsp3) is 0.455. The Morgan fingerprint density at radius 3 is 2.84 bits per heavy atom. The van der Waals surface area contributed by atoms with E-state index in [0.717, 1.165) is 5.69 Å². The van der Waals surface area contributed by atoms with Gasteiger partial charge in [-0.05, 0) is 42.8 Å². The second-order valence-electron chi connectivity index (χ2n) is 7.65. The molecule has 1 aromatic heterocycles. The van der Waals surface area contributed by atoms with Gasteiger partial charge in [0.1, 0.15) is 30.9 Å². The fourth-order valence-corrected chi connectivity index (χ4v) is 4.08. The van der Waals surface area contributed by atoms with E-state index in [-0.39, 0.29) is 25.4 Å². The summed E-state index contributed by atoms with van der Waals surface area (Å²) in [6.07, 6.45) is -2.75. The lowest BCUT2D eigenvalue weighted by Gasteiger charge is -2.41. The average Bonchev–Trinajstić information content (AvgIpc) is 3.21. The minimum absolute atomic E-state index is 0.145. The number of nitrogens with zero attached hydrogens (tertiary/aromatic N) is 2. The molecule has 0 unspecified atom stereocenters. The zero-order valence-electron chi connectivity index (χ0n) is 17.4. The normalized spacial score (nSPS) is 23.1. The molecule has 0 radical (unpaired) electrons. The van der Waals surface area contributed by atoms with Gasteiger partial charge < -0.3 is 19.1 Å². The summed E-state index contributed by atoms with van der Waals surface area (Å²) in [7, 11) is 0. The maximum Gasteiger partial charge on any atom is 0.522 e. The molecule has 2 fully saturated rings. The maximum atomic E-state index is 13.1. The van der Waals surface area contributed by atoms with Crippen molar-refractivity contribution in [2.75, 3.05) is 33.1 Å². The summed E-state index contributed by atoms with van der Waals surface area (Å²) in [6, 6.07) is 10.5. The molecule has 32 heavy (non-hydrogen) atoms. The molecule has 2 atom stereocenters. The summed E-state index contributed by atoms with van der Waals surface area (Å²) in [5, 5.41) is 0. The van der Waals surface area contributed by atoms with Crippen LogP contribution in [0.15, 0.2) is 42.6 Å². The summed E-state index contributed by atoms with van der Waals surface area (Å²) in [4.78, 5) is 19.2. The van der Waals surface area contributed by atoms with Gasteiger partial charge in [0.2, 0.25) is 0 Å². The van der Waals surface area contributed by atoms with Gasteiger partial charge in [-0.3, -0.25) is 14.5 Å². The number of ether oxygens (including phenoxy) is 4. The largest absolute Gasteiger partial charge is 0.522 e. The Bertz CT molecular complexity index is 956. The van der Waals surface area contributed by atoms with Crippen molar-refractivity contribution in [3.63, 3.8) is 0 Å². The van der Waals surface area contributed by atoms with E-state index in [1.54, 1.807) is 36.2 Å². The maximum absolute atomic E-state index is 13.1. The average molecular weight is 452 g/mol. The summed E-state index contributed by atoms with van der Waals surface area (Å²) in [6.45, 7) is 1.84. The molecule has 1 aromatic carbocycles. The van der Waals surface area contributed by atoms with Crippen LogP contribution in [0.5, 0.6) is 5.75 Å². The highest BCUT2D eigenvalue weighted by molar-refractivity contribution is 5.94. The molecule has 7 nitrogen and oxygen atoms in total. The number of benzene rings is 1. The Balaban J connectivity index is 1.39. The third kappa shape index (κ3) is 4.72. The molecule has 172 valence electrons. The molecule has 0 saturated carbocycles. The smallest absolute Gasteiger partial charge is 0.491 e. The number of aryl methyl sites for hydroxylation is 1. The highest BCUT2D eigenvalue weighted by Crippen LogP contribution is 2.41. The van der Waals surface area contributed by atoms with E-state index in [1.807, 2.05) is 18.2 Å². The van der Waals surface area contributed by atoms with Crippen molar-refractivity contribution >= 4 is 5.91 Å². The number of piperidine rings is 1. The molecule has 0 spiro atoms. The summed E-state index contributed by atoms with van der Waals surface area (Å²) >= 11 is 0. The van der Waals surface area contributed by atoms with E-state index in [4.69, 9.17) is 14.2 Å². The standard InChI is InChI=1S/C22H23F3N2O5/c1-15-12-16(5-6-17(15)29-10-11-31-22(23,24)25)20(28)27-9-7-21(18-4-2-3-8-26-18)19(13-27)30-14-32-21/h2-6,8,12,19H,7,9-11,13-14H2,1H3/t19-,21-/m1/s1. The topological polar surface area (TPSA) is 70.1 Å².